The maximum atomic E-state index is 12.1. The molecule has 4 nitrogen and oxygen atoms in total. The van der Waals surface area contributed by atoms with Crippen LogP contribution in [-0.2, 0) is 4.79 Å². The van der Waals surface area contributed by atoms with Crippen molar-refractivity contribution >= 4 is 11.9 Å². The van der Waals surface area contributed by atoms with Crippen LogP contribution in [0.5, 0.6) is 0 Å². The number of allylic oxidation sites excluding steroid dienone is 3. The molecule has 0 aliphatic heterocycles. The summed E-state index contributed by atoms with van der Waals surface area (Å²) in [5.41, 5.74) is 13.7. The van der Waals surface area contributed by atoms with E-state index in [1.807, 2.05) is 0 Å². The number of guanidine groups is 1. The van der Waals surface area contributed by atoms with Gasteiger partial charge in [0.05, 0.1) is 0 Å². The summed E-state index contributed by atoms with van der Waals surface area (Å²) in [6.45, 7) is 10.8. The van der Waals surface area contributed by atoms with E-state index in [9.17, 15) is 4.79 Å². The van der Waals surface area contributed by atoms with Gasteiger partial charge >= 0.3 is 0 Å². The van der Waals surface area contributed by atoms with Crippen LogP contribution < -0.4 is 11.5 Å². The Kier molecular flexibility index (Phi) is 4.56. The zero-order chi connectivity index (χ0) is 14.8. The van der Waals surface area contributed by atoms with Gasteiger partial charge in [-0.05, 0) is 35.3 Å². The van der Waals surface area contributed by atoms with Gasteiger partial charge in [0.1, 0.15) is 0 Å². The van der Waals surface area contributed by atoms with E-state index in [2.05, 4.69) is 45.7 Å². The van der Waals surface area contributed by atoms with Gasteiger partial charge in [0.15, 0.2) is 5.96 Å². The summed E-state index contributed by atoms with van der Waals surface area (Å²) in [7, 11) is 0. The lowest BCUT2D eigenvalue weighted by atomic mass is 9.80. The lowest BCUT2D eigenvalue weighted by Gasteiger charge is -2.25. The second kappa shape index (κ2) is 5.59. The summed E-state index contributed by atoms with van der Waals surface area (Å²) in [4.78, 5) is 15.8. The van der Waals surface area contributed by atoms with E-state index in [1.165, 1.54) is 5.57 Å². The van der Waals surface area contributed by atoms with Gasteiger partial charge in [0.25, 0.3) is 5.91 Å². The second-order valence-corrected chi connectivity index (χ2v) is 6.47. The van der Waals surface area contributed by atoms with Crippen molar-refractivity contribution in [3.05, 3.63) is 22.8 Å². The van der Waals surface area contributed by atoms with Crippen LogP contribution in [0.1, 0.15) is 47.5 Å². The first-order valence-electron chi connectivity index (χ1n) is 6.70. The molecule has 0 saturated heterocycles. The highest BCUT2D eigenvalue weighted by Crippen LogP contribution is 2.41. The van der Waals surface area contributed by atoms with Gasteiger partial charge in [-0.2, -0.15) is 4.99 Å². The average Bonchev–Trinajstić information content (AvgIpc) is 2.58. The van der Waals surface area contributed by atoms with E-state index >= 15 is 0 Å². The Morgan fingerprint density at radius 2 is 1.95 bits per heavy atom. The maximum absolute atomic E-state index is 12.1. The largest absolute Gasteiger partial charge is 0.370 e. The van der Waals surface area contributed by atoms with E-state index in [-0.39, 0.29) is 17.3 Å². The summed E-state index contributed by atoms with van der Waals surface area (Å²) in [6.07, 6.45) is 3.64. The highest BCUT2D eigenvalue weighted by atomic mass is 16.1. The Morgan fingerprint density at radius 1 is 1.37 bits per heavy atom. The molecule has 0 saturated carbocycles. The summed E-state index contributed by atoms with van der Waals surface area (Å²) in [5, 5.41) is 0. The molecule has 0 unspecified atom stereocenters. The van der Waals surface area contributed by atoms with Gasteiger partial charge in [-0.3, -0.25) is 4.79 Å². The first-order valence-corrected chi connectivity index (χ1v) is 6.70. The normalized spacial score (nSPS) is 15.8. The zero-order valence-corrected chi connectivity index (χ0v) is 12.6. The third-order valence-electron chi connectivity index (χ3n) is 3.11. The zero-order valence-electron chi connectivity index (χ0n) is 12.6. The molecule has 1 aliphatic rings. The van der Waals surface area contributed by atoms with Crippen molar-refractivity contribution in [3.63, 3.8) is 0 Å². The topological polar surface area (TPSA) is 81.5 Å². The molecule has 1 amide bonds. The predicted molar refractivity (Wildman–Crippen MR) is 79.5 cm³/mol. The van der Waals surface area contributed by atoms with Crippen LogP contribution in [0.25, 0.3) is 0 Å². The number of amides is 1. The molecule has 19 heavy (non-hydrogen) atoms. The first kappa shape index (κ1) is 15.5. The summed E-state index contributed by atoms with van der Waals surface area (Å²) in [6, 6.07) is 0. The van der Waals surface area contributed by atoms with Gasteiger partial charge in [0, 0.05) is 5.57 Å². The van der Waals surface area contributed by atoms with Gasteiger partial charge in [-0.15, -0.1) is 0 Å². The molecule has 0 aromatic rings. The molecule has 4 N–H and O–H groups in total. The monoisotopic (exact) mass is 263 g/mol. The van der Waals surface area contributed by atoms with Crippen LogP contribution in [0, 0.1) is 11.3 Å². The van der Waals surface area contributed by atoms with Crippen LogP contribution in [0.4, 0.5) is 0 Å². The Balaban J connectivity index is 3.18. The number of hydrogen-bond acceptors (Lipinski definition) is 1. The molecule has 0 aromatic heterocycles. The summed E-state index contributed by atoms with van der Waals surface area (Å²) >= 11 is 0. The fraction of sp³-hybridized carbons (Fsp3) is 0.600. The second-order valence-electron chi connectivity index (χ2n) is 6.47. The molecular weight excluding hydrogens is 238 g/mol. The smallest absolute Gasteiger partial charge is 0.276 e. The maximum Gasteiger partial charge on any atom is 0.276 e. The molecule has 1 aliphatic carbocycles. The van der Waals surface area contributed by atoms with Crippen LogP contribution in [0.2, 0.25) is 0 Å². The fourth-order valence-electron chi connectivity index (χ4n) is 2.41. The SMILES string of the molecule is CC(C)CC1=C(C(=O)N=C(N)N)CC=C1C(C)(C)C. The predicted octanol–water partition coefficient (Wildman–Crippen LogP) is 2.51. The minimum absolute atomic E-state index is 0.0320. The number of carbonyl (C=O) groups is 1. The molecule has 0 atom stereocenters. The van der Waals surface area contributed by atoms with Gasteiger partial charge in [0.2, 0.25) is 0 Å². The summed E-state index contributed by atoms with van der Waals surface area (Å²) < 4.78 is 0. The molecule has 0 heterocycles. The number of nitrogens with zero attached hydrogens (tertiary/aromatic N) is 1. The standard InChI is InChI=1S/C15H25N3O/c1-9(2)8-11-10(13(19)18-14(16)17)6-7-12(11)15(3,4)5/h7,9H,6,8H2,1-5H3,(H4,16,17,18,19). The molecule has 1 rings (SSSR count). The van der Waals surface area contributed by atoms with Gasteiger partial charge < -0.3 is 11.5 Å². The number of nitrogens with two attached hydrogens (primary N) is 2. The van der Waals surface area contributed by atoms with Crippen LogP contribution in [0.15, 0.2) is 27.8 Å². The highest BCUT2D eigenvalue weighted by molar-refractivity contribution is 6.03. The van der Waals surface area contributed by atoms with Crippen molar-refractivity contribution in [1.29, 1.82) is 0 Å². The Labute approximate surface area is 115 Å². The van der Waals surface area contributed by atoms with Crippen molar-refractivity contribution in [2.24, 2.45) is 27.8 Å². The molecule has 0 bridgehead atoms. The third-order valence-corrected chi connectivity index (χ3v) is 3.11. The Bertz CT molecular complexity index is 458. The van der Waals surface area contributed by atoms with Crippen molar-refractivity contribution in [3.8, 4) is 0 Å². The number of rotatable bonds is 3. The fourth-order valence-corrected chi connectivity index (χ4v) is 2.41. The molecule has 0 radical (unpaired) electrons. The number of hydrogen-bond donors (Lipinski definition) is 2. The molecule has 106 valence electrons. The van der Waals surface area contributed by atoms with Crippen molar-refractivity contribution in [2.75, 3.05) is 0 Å². The first-order chi connectivity index (χ1) is 8.62. The third kappa shape index (κ3) is 3.94. The summed E-state index contributed by atoms with van der Waals surface area (Å²) in [5.74, 6) is 0.0117. The molecule has 4 heteroatoms. The van der Waals surface area contributed by atoms with Crippen LogP contribution >= 0.6 is 0 Å². The minimum Gasteiger partial charge on any atom is -0.370 e. The van der Waals surface area contributed by atoms with E-state index in [0.29, 0.717) is 12.3 Å². The van der Waals surface area contributed by atoms with Crippen molar-refractivity contribution in [2.45, 2.75) is 47.5 Å². The van der Waals surface area contributed by atoms with E-state index in [0.717, 1.165) is 17.6 Å². The molecule has 0 spiro atoms. The number of carbonyl (C=O) groups excluding carboxylic acids is 1. The van der Waals surface area contributed by atoms with Crippen LogP contribution in [0.3, 0.4) is 0 Å². The number of aliphatic imine (C=N–C) groups is 1. The van der Waals surface area contributed by atoms with E-state index < -0.39 is 0 Å². The highest BCUT2D eigenvalue weighted by Gasteiger charge is 2.29. The van der Waals surface area contributed by atoms with Gasteiger partial charge in [-0.1, -0.05) is 40.7 Å². The van der Waals surface area contributed by atoms with Crippen molar-refractivity contribution in [1.82, 2.24) is 0 Å². The Morgan fingerprint density at radius 3 is 2.37 bits per heavy atom. The quantitative estimate of drug-likeness (QED) is 0.606. The van der Waals surface area contributed by atoms with E-state index in [1.54, 1.807) is 0 Å². The van der Waals surface area contributed by atoms with E-state index in [4.69, 9.17) is 11.5 Å². The lowest BCUT2D eigenvalue weighted by molar-refractivity contribution is -0.114. The van der Waals surface area contributed by atoms with Crippen molar-refractivity contribution < 1.29 is 4.79 Å². The molecule has 0 aromatic carbocycles. The Hall–Kier alpha value is -1.58. The van der Waals surface area contributed by atoms with Crippen LogP contribution in [-0.4, -0.2) is 11.9 Å². The minimum atomic E-state index is -0.300. The average molecular weight is 263 g/mol. The molecular formula is C15H25N3O. The molecule has 0 fully saturated rings. The van der Waals surface area contributed by atoms with Gasteiger partial charge in [-0.25, -0.2) is 0 Å². The lowest BCUT2D eigenvalue weighted by Crippen LogP contribution is -2.24.